The summed E-state index contributed by atoms with van der Waals surface area (Å²) in [5.41, 5.74) is 4.78. The molecule has 0 spiro atoms. The van der Waals surface area contributed by atoms with Crippen LogP contribution in [0, 0.1) is 0 Å². The summed E-state index contributed by atoms with van der Waals surface area (Å²) in [7, 11) is 5.09. The minimum Gasteiger partial charge on any atom is -0.543 e. The van der Waals surface area contributed by atoms with Crippen molar-refractivity contribution in [3.05, 3.63) is 89.9 Å². The van der Waals surface area contributed by atoms with Gasteiger partial charge >= 0.3 is 51.4 Å². The Bertz CT molecular complexity index is 1760. The maximum absolute atomic E-state index is 11.9. The van der Waals surface area contributed by atoms with Crippen molar-refractivity contribution in [2.75, 3.05) is 44.7 Å². The molecule has 220 valence electrons. The molecule has 1 saturated heterocycles. The number of aromatic carboxylic acids is 1. The fraction of sp³-hybridized carbons (Fsp3) is 0.226. The van der Waals surface area contributed by atoms with Crippen LogP contribution in [0.4, 0.5) is 17.2 Å². The third kappa shape index (κ3) is 6.59. The van der Waals surface area contributed by atoms with E-state index in [0.717, 1.165) is 22.4 Å². The molecule has 13 heteroatoms. The van der Waals surface area contributed by atoms with E-state index in [2.05, 4.69) is 20.4 Å². The summed E-state index contributed by atoms with van der Waals surface area (Å²) in [6.45, 7) is 1.63. The molecule has 0 unspecified atom stereocenters. The number of fused-ring (bicyclic) bond motifs is 1. The van der Waals surface area contributed by atoms with E-state index in [1.807, 2.05) is 72.6 Å². The molecular weight excluding hydrogens is 591 g/mol. The number of imidazole rings is 1. The number of pyridine rings is 1. The van der Waals surface area contributed by atoms with Gasteiger partial charge in [0.15, 0.2) is 23.5 Å². The van der Waals surface area contributed by atoms with Crippen molar-refractivity contribution >= 4 is 28.8 Å². The molecule has 1 aliphatic rings. The largest absolute Gasteiger partial charge is 1.00 e. The molecule has 6 rings (SSSR count). The molecular formula is C31H29KN6O6. The van der Waals surface area contributed by atoms with Gasteiger partial charge in [-0.05, 0) is 35.9 Å². The molecule has 3 aromatic heterocycles. The summed E-state index contributed by atoms with van der Waals surface area (Å²) in [6.07, 6.45) is 2.56. The fourth-order valence-corrected chi connectivity index (χ4v) is 4.97. The summed E-state index contributed by atoms with van der Waals surface area (Å²) in [4.78, 5) is 22.8. The van der Waals surface area contributed by atoms with Gasteiger partial charge in [-0.15, -0.1) is 5.10 Å². The second kappa shape index (κ2) is 14.0. The number of nitrogens with zero attached hydrogens (tertiary/aromatic N) is 5. The first-order valence-corrected chi connectivity index (χ1v) is 13.5. The molecule has 44 heavy (non-hydrogen) atoms. The van der Waals surface area contributed by atoms with Crippen LogP contribution >= 0.6 is 0 Å². The van der Waals surface area contributed by atoms with Gasteiger partial charge in [0.1, 0.15) is 11.4 Å². The van der Waals surface area contributed by atoms with E-state index in [1.54, 1.807) is 20.4 Å². The minimum absolute atomic E-state index is 0. The standard InChI is InChI=1S/C31H30N6O6.K/c1-36(18-19-7-10-21(40-2)11-8-19)25-15-27(35-37-26(30(38)39)17-33-29(25)37)34-24-6-4-5-22(28(24)41-3)23-12-9-20(16-32-23)31-42-13-14-43-31;/h4-12,15-17,31H,13-14,18H2,1-3H3,(H,34,35)(H,38,39);/q;+1/p-1. The number of rotatable bonds is 10. The summed E-state index contributed by atoms with van der Waals surface area (Å²) >= 11 is 0. The van der Waals surface area contributed by atoms with E-state index in [4.69, 9.17) is 18.9 Å². The zero-order valence-electron chi connectivity index (χ0n) is 24.8. The van der Waals surface area contributed by atoms with Crippen LogP contribution in [0.3, 0.4) is 0 Å². The molecule has 0 aliphatic carbocycles. The second-order valence-electron chi connectivity index (χ2n) is 9.85. The Labute approximate surface area is 296 Å². The van der Waals surface area contributed by atoms with Crippen LogP contribution in [0.2, 0.25) is 0 Å². The van der Waals surface area contributed by atoms with Gasteiger partial charge in [-0.25, -0.2) is 9.50 Å². The zero-order valence-corrected chi connectivity index (χ0v) is 27.9. The van der Waals surface area contributed by atoms with Crippen LogP contribution in [0.25, 0.3) is 16.9 Å². The summed E-state index contributed by atoms with van der Waals surface area (Å²) < 4.78 is 23.5. The van der Waals surface area contributed by atoms with Gasteiger partial charge in [0, 0.05) is 37.0 Å². The average Bonchev–Trinajstić information content (AvgIpc) is 3.72. The van der Waals surface area contributed by atoms with Gasteiger partial charge in [0.05, 0.1) is 56.7 Å². The Morgan fingerprint density at radius 2 is 1.82 bits per heavy atom. The van der Waals surface area contributed by atoms with Crippen LogP contribution in [0.1, 0.15) is 27.9 Å². The Kier molecular flexibility index (Phi) is 10.2. The van der Waals surface area contributed by atoms with Crippen molar-refractivity contribution in [2.24, 2.45) is 0 Å². The predicted molar refractivity (Wildman–Crippen MR) is 157 cm³/mol. The Morgan fingerprint density at radius 3 is 2.48 bits per heavy atom. The summed E-state index contributed by atoms with van der Waals surface area (Å²) in [6, 6.07) is 18.9. The number of nitrogens with one attached hydrogen (secondary N) is 1. The smallest absolute Gasteiger partial charge is 0.543 e. The van der Waals surface area contributed by atoms with E-state index in [9.17, 15) is 9.90 Å². The number of hydrogen-bond acceptors (Lipinski definition) is 11. The fourth-order valence-electron chi connectivity index (χ4n) is 4.97. The molecule has 0 atom stereocenters. The number of carbonyl (C=O) groups is 1. The number of hydrogen-bond donors (Lipinski definition) is 1. The molecule has 0 bridgehead atoms. The van der Waals surface area contributed by atoms with Crippen molar-refractivity contribution in [1.82, 2.24) is 19.6 Å². The molecule has 4 heterocycles. The van der Waals surface area contributed by atoms with Crippen LogP contribution in [0.15, 0.2) is 73.1 Å². The molecule has 0 amide bonds. The van der Waals surface area contributed by atoms with E-state index in [0.29, 0.717) is 54.0 Å². The molecule has 2 aromatic carbocycles. The molecule has 1 fully saturated rings. The molecule has 1 aliphatic heterocycles. The first kappa shape index (κ1) is 31.8. The molecule has 1 N–H and O–H groups in total. The molecule has 0 saturated carbocycles. The number of para-hydroxylation sites is 1. The third-order valence-corrected chi connectivity index (χ3v) is 7.09. The monoisotopic (exact) mass is 620 g/mol. The van der Waals surface area contributed by atoms with Gasteiger partial charge in [-0.1, -0.05) is 24.3 Å². The zero-order chi connectivity index (χ0) is 29.9. The van der Waals surface area contributed by atoms with E-state index in [1.165, 1.54) is 10.7 Å². The van der Waals surface area contributed by atoms with Crippen molar-refractivity contribution in [1.29, 1.82) is 0 Å². The van der Waals surface area contributed by atoms with Crippen LogP contribution in [-0.2, 0) is 16.0 Å². The second-order valence-corrected chi connectivity index (χ2v) is 9.85. The molecule has 5 aromatic rings. The Hall–Kier alpha value is -3.56. The first-order chi connectivity index (χ1) is 20.9. The topological polar surface area (TPSA) is 135 Å². The summed E-state index contributed by atoms with van der Waals surface area (Å²) in [5.74, 6) is 0.286. The minimum atomic E-state index is -1.39. The number of anilines is 3. The van der Waals surface area contributed by atoms with Gasteiger partial charge in [0.2, 0.25) is 0 Å². The van der Waals surface area contributed by atoms with E-state index >= 15 is 0 Å². The van der Waals surface area contributed by atoms with Crippen molar-refractivity contribution in [3.8, 4) is 22.8 Å². The van der Waals surface area contributed by atoms with E-state index < -0.39 is 12.3 Å². The van der Waals surface area contributed by atoms with Gasteiger partial charge in [-0.3, -0.25) is 4.98 Å². The number of methoxy groups -OCH3 is 2. The Morgan fingerprint density at radius 1 is 1.05 bits per heavy atom. The molecule has 12 nitrogen and oxygen atoms in total. The van der Waals surface area contributed by atoms with Gasteiger partial charge in [0.25, 0.3) is 0 Å². The number of carboxylic acids is 1. The van der Waals surface area contributed by atoms with Crippen LogP contribution in [-0.4, -0.2) is 60.0 Å². The number of aromatic nitrogens is 4. The van der Waals surface area contributed by atoms with Crippen LogP contribution < -0.4 is 76.2 Å². The van der Waals surface area contributed by atoms with Gasteiger partial charge in [-0.2, -0.15) is 0 Å². The van der Waals surface area contributed by atoms with Gasteiger partial charge < -0.3 is 39.1 Å². The number of benzene rings is 2. The van der Waals surface area contributed by atoms with Crippen LogP contribution in [0.5, 0.6) is 11.5 Å². The SMILES string of the molecule is COc1ccc(CN(C)c2cc(Nc3cccc(-c4ccc(C5OCCO5)cn4)c3OC)nn3c(C(=O)[O-])cnc23)cc1.[K+]. The van der Waals surface area contributed by atoms with Crippen molar-refractivity contribution < 1.29 is 80.2 Å². The summed E-state index contributed by atoms with van der Waals surface area (Å²) in [5, 5.41) is 19.7. The van der Waals surface area contributed by atoms with E-state index in [-0.39, 0.29) is 57.1 Å². The number of carboxylic acid groups (broad SMARTS) is 1. The number of ether oxygens (including phenoxy) is 4. The quantitative estimate of drug-likeness (QED) is 0.220. The maximum atomic E-state index is 11.9. The number of carbonyl (C=O) groups excluding carboxylic acids is 1. The average molecular weight is 621 g/mol. The molecule has 0 radical (unpaired) electrons. The first-order valence-electron chi connectivity index (χ1n) is 13.5. The van der Waals surface area contributed by atoms with Crippen molar-refractivity contribution in [2.45, 2.75) is 12.8 Å². The predicted octanol–water partition coefficient (Wildman–Crippen LogP) is 0.601. The third-order valence-electron chi connectivity index (χ3n) is 7.09. The maximum Gasteiger partial charge on any atom is 1.00 e. The van der Waals surface area contributed by atoms with Crippen molar-refractivity contribution in [3.63, 3.8) is 0 Å². The normalized spacial score (nSPS) is 13.0. The Balaban J connectivity index is 0.00000384.